The van der Waals surface area contributed by atoms with Crippen molar-refractivity contribution < 1.29 is 9.53 Å². The van der Waals surface area contributed by atoms with Crippen molar-refractivity contribution in [2.45, 2.75) is 39.7 Å². The molecule has 1 aromatic heterocycles. The molecule has 0 aliphatic carbocycles. The second-order valence-corrected chi connectivity index (χ2v) is 5.78. The Morgan fingerprint density at radius 3 is 2.83 bits per heavy atom. The first-order chi connectivity index (χ1) is 11.7. The van der Waals surface area contributed by atoms with E-state index in [4.69, 9.17) is 4.74 Å². The van der Waals surface area contributed by atoms with Gasteiger partial charge < -0.3 is 10.1 Å². The highest BCUT2D eigenvalue weighted by atomic mass is 16.5. The van der Waals surface area contributed by atoms with Gasteiger partial charge in [0.2, 0.25) is 5.95 Å². The summed E-state index contributed by atoms with van der Waals surface area (Å²) < 4.78 is 7.10. The van der Waals surface area contributed by atoms with Crippen molar-refractivity contribution >= 4 is 11.9 Å². The molecule has 2 aromatic rings. The predicted octanol–water partition coefficient (Wildman–Crippen LogP) is 3.22. The number of carbonyl (C=O) groups is 1. The van der Waals surface area contributed by atoms with Gasteiger partial charge in [-0.25, -0.2) is 9.48 Å². The van der Waals surface area contributed by atoms with Crippen LogP contribution >= 0.6 is 0 Å². The smallest absolute Gasteiger partial charge is 0.338 e. The van der Waals surface area contributed by atoms with E-state index in [1.54, 1.807) is 4.68 Å². The zero-order valence-electron chi connectivity index (χ0n) is 14.2. The lowest BCUT2D eigenvalue weighted by atomic mass is 9.91. The molecule has 2 heterocycles. The minimum absolute atomic E-state index is 0.303. The molecule has 0 saturated heterocycles. The molecule has 0 radical (unpaired) electrons. The zero-order valence-corrected chi connectivity index (χ0v) is 14.2. The summed E-state index contributed by atoms with van der Waals surface area (Å²) in [7, 11) is 0. The van der Waals surface area contributed by atoms with Gasteiger partial charge in [0.05, 0.1) is 12.2 Å². The fourth-order valence-electron chi connectivity index (χ4n) is 3.09. The lowest BCUT2D eigenvalue weighted by Gasteiger charge is -2.30. The van der Waals surface area contributed by atoms with E-state index < -0.39 is 0 Å². The van der Waals surface area contributed by atoms with Gasteiger partial charge in [0, 0.05) is 5.70 Å². The maximum atomic E-state index is 12.7. The normalized spacial score (nSPS) is 16.5. The van der Waals surface area contributed by atoms with Crippen LogP contribution in [0.5, 0.6) is 0 Å². The van der Waals surface area contributed by atoms with Gasteiger partial charge in [-0.15, -0.1) is 0 Å². The van der Waals surface area contributed by atoms with Gasteiger partial charge in [-0.3, -0.25) is 0 Å². The highest BCUT2D eigenvalue weighted by Gasteiger charge is 2.35. The Hall–Kier alpha value is -2.63. The standard InChI is InChI=1S/C18H22N4O2/c1-4-8-14-15(17(23)24-5-2)16(13-10-7-6-9-12(13)3)22-18(21-14)19-11-20-22/h6-7,9-11,16H,4-5,8H2,1-3H3,(H,19,20,21)/t16-/m1/s1. The molecule has 126 valence electrons. The summed E-state index contributed by atoms with van der Waals surface area (Å²) in [5.41, 5.74) is 3.61. The van der Waals surface area contributed by atoms with Crippen molar-refractivity contribution in [3.8, 4) is 0 Å². The number of anilines is 1. The first-order valence-electron chi connectivity index (χ1n) is 8.29. The van der Waals surface area contributed by atoms with Crippen LogP contribution in [0.15, 0.2) is 41.9 Å². The molecule has 6 nitrogen and oxygen atoms in total. The number of allylic oxidation sites excluding steroid dienone is 1. The fraction of sp³-hybridized carbons (Fsp3) is 0.389. The first-order valence-corrected chi connectivity index (χ1v) is 8.29. The van der Waals surface area contributed by atoms with Crippen LogP contribution in [0.2, 0.25) is 0 Å². The second-order valence-electron chi connectivity index (χ2n) is 5.78. The van der Waals surface area contributed by atoms with Crippen LogP contribution in [0.1, 0.15) is 43.9 Å². The Kier molecular flexibility index (Phi) is 4.64. The maximum absolute atomic E-state index is 12.7. The molecule has 0 bridgehead atoms. The van der Waals surface area contributed by atoms with Crippen LogP contribution in [-0.2, 0) is 9.53 Å². The molecule has 24 heavy (non-hydrogen) atoms. The third-order valence-corrected chi connectivity index (χ3v) is 4.16. The molecule has 0 amide bonds. The van der Waals surface area contributed by atoms with Crippen LogP contribution in [0.4, 0.5) is 5.95 Å². The van der Waals surface area contributed by atoms with Crippen LogP contribution in [0, 0.1) is 6.92 Å². The highest BCUT2D eigenvalue weighted by molar-refractivity contribution is 5.92. The summed E-state index contributed by atoms with van der Waals surface area (Å²) in [5.74, 6) is 0.350. The number of rotatable bonds is 5. The summed E-state index contributed by atoms with van der Waals surface area (Å²) in [4.78, 5) is 17.0. The van der Waals surface area contributed by atoms with Gasteiger partial charge in [0.25, 0.3) is 0 Å². The van der Waals surface area contributed by atoms with E-state index in [1.165, 1.54) is 6.33 Å². The topological polar surface area (TPSA) is 69.0 Å². The van der Waals surface area contributed by atoms with E-state index in [2.05, 4.69) is 22.3 Å². The minimum atomic E-state index is -0.328. The van der Waals surface area contributed by atoms with Crippen molar-refractivity contribution in [3.63, 3.8) is 0 Å². The van der Waals surface area contributed by atoms with Crippen LogP contribution in [0.25, 0.3) is 0 Å². The minimum Gasteiger partial charge on any atom is -0.463 e. The molecule has 0 unspecified atom stereocenters. The third kappa shape index (κ3) is 2.79. The average Bonchev–Trinajstić information content (AvgIpc) is 3.03. The van der Waals surface area contributed by atoms with E-state index in [-0.39, 0.29) is 12.0 Å². The number of carbonyl (C=O) groups excluding carboxylic acids is 1. The number of hydrogen-bond donors (Lipinski definition) is 1. The number of benzene rings is 1. The SMILES string of the molecule is CCCC1=C(C(=O)OCC)[C@@H](c2ccccc2C)n2ncnc2N1. The van der Waals surface area contributed by atoms with Gasteiger partial charge in [0.1, 0.15) is 12.4 Å². The fourth-order valence-corrected chi connectivity index (χ4v) is 3.09. The van der Waals surface area contributed by atoms with Crippen LogP contribution < -0.4 is 5.32 Å². The number of ether oxygens (including phenoxy) is 1. The lowest BCUT2D eigenvalue weighted by molar-refractivity contribution is -0.139. The van der Waals surface area contributed by atoms with Crippen molar-refractivity contribution in [3.05, 3.63) is 53.0 Å². The summed E-state index contributed by atoms with van der Waals surface area (Å²) in [6, 6.07) is 7.70. The molecule has 0 saturated carbocycles. The van der Waals surface area contributed by atoms with E-state index >= 15 is 0 Å². The van der Waals surface area contributed by atoms with E-state index in [1.807, 2.05) is 38.1 Å². The molecule has 6 heteroatoms. The van der Waals surface area contributed by atoms with Crippen molar-refractivity contribution in [1.82, 2.24) is 14.8 Å². The number of aryl methyl sites for hydroxylation is 1. The van der Waals surface area contributed by atoms with Gasteiger partial charge in [-0.05, 0) is 31.4 Å². The first kappa shape index (κ1) is 16.2. The van der Waals surface area contributed by atoms with E-state index in [0.29, 0.717) is 18.1 Å². The summed E-state index contributed by atoms with van der Waals surface area (Å²) >= 11 is 0. The van der Waals surface area contributed by atoms with Gasteiger partial charge in [0.15, 0.2) is 0 Å². The summed E-state index contributed by atoms with van der Waals surface area (Å²) in [5, 5.41) is 7.60. The van der Waals surface area contributed by atoms with Crippen molar-refractivity contribution in [1.29, 1.82) is 0 Å². The number of hydrogen-bond acceptors (Lipinski definition) is 5. The third-order valence-electron chi connectivity index (χ3n) is 4.16. The molecule has 0 spiro atoms. The Bertz CT molecular complexity index is 779. The Morgan fingerprint density at radius 2 is 2.12 bits per heavy atom. The number of nitrogens with one attached hydrogen (secondary N) is 1. The maximum Gasteiger partial charge on any atom is 0.338 e. The number of fused-ring (bicyclic) bond motifs is 1. The predicted molar refractivity (Wildman–Crippen MR) is 91.5 cm³/mol. The lowest BCUT2D eigenvalue weighted by Crippen LogP contribution is -2.30. The molecule has 1 aromatic carbocycles. The molecule has 1 aliphatic rings. The van der Waals surface area contributed by atoms with E-state index in [9.17, 15) is 4.79 Å². The van der Waals surface area contributed by atoms with Crippen molar-refractivity contribution in [2.24, 2.45) is 0 Å². The van der Waals surface area contributed by atoms with Gasteiger partial charge in [-0.1, -0.05) is 37.6 Å². The molecule has 1 aliphatic heterocycles. The summed E-state index contributed by atoms with van der Waals surface area (Å²) in [6.45, 7) is 6.28. The Morgan fingerprint density at radius 1 is 1.33 bits per heavy atom. The van der Waals surface area contributed by atoms with Crippen LogP contribution in [0.3, 0.4) is 0 Å². The largest absolute Gasteiger partial charge is 0.463 e. The van der Waals surface area contributed by atoms with Crippen molar-refractivity contribution in [2.75, 3.05) is 11.9 Å². The zero-order chi connectivity index (χ0) is 17.1. The van der Waals surface area contributed by atoms with Gasteiger partial charge >= 0.3 is 5.97 Å². The van der Waals surface area contributed by atoms with E-state index in [0.717, 1.165) is 29.7 Å². The Labute approximate surface area is 141 Å². The summed E-state index contributed by atoms with van der Waals surface area (Å²) in [6.07, 6.45) is 3.18. The molecule has 1 N–H and O–H groups in total. The number of nitrogens with zero attached hydrogens (tertiary/aromatic N) is 3. The number of esters is 1. The monoisotopic (exact) mass is 326 g/mol. The Balaban J connectivity index is 2.20. The molecule has 0 fully saturated rings. The average molecular weight is 326 g/mol. The second kappa shape index (κ2) is 6.86. The van der Waals surface area contributed by atoms with Gasteiger partial charge in [-0.2, -0.15) is 10.1 Å². The highest BCUT2D eigenvalue weighted by Crippen LogP contribution is 2.37. The molecule has 3 rings (SSSR count). The number of aromatic nitrogens is 3. The molecule has 1 atom stereocenters. The van der Waals surface area contributed by atoms with Crippen LogP contribution in [-0.4, -0.2) is 27.3 Å². The molecular weight excluding hydrogens is 304 g/mol. The quantitative estimate of drug-likeness (QED) is 0.854. The molecular formula is C18H22N4O2.